The van der Waals surface area contributed by atoms with Gasteiger partial charge < -0.3 is 4.74 Å². The van der Waals surface area contributed by atoms with Crippen molar-refractivity contribution in [3.63, 3.8) is 0 Å². The molecule has 3 rings (SSSR count). The van der Waals surface area contributed by atoms with Gasteiger partial charge in [0.2, 0.25) is 0 Å². The number of hydrogen-bond donors (Lipinski definition) is 0. The maximum absolute atomic E-state index is 11.3. The number of Topliss-reactive ketones (excluding diaryl/α,β-unsaturated/α-hetero) is 1. The van der Waals surface area contributed by atoms with Crippen LogP contribution in [0.4, 0.5) is 0 Å². The molecule has 1 aromatic rings. The van der Waals surface area contributed by atoms with Crippen molar-refractivity contribution < 1.29 is 19.3 Å². The molecule has 1 fully saturated rings. The molecule has 0 radical (unpaired) electrons. The molecule has 1 saturated heterocycles. The topological polar surface area (TPSA) is 44.8 Å². The molecule has 0 aliphatic carbocycles. The number of ether oxygens (including phenoxy) is 1. The number of carbonyl (C=O) groups excluding carboxylic acids is 1. The van der Waals surface area contributed by atoms with E-state index in [1.54, 1.807) is 12.1 Å². The van der Waals surface area contributed by atoms with E-state index in [0.717, 1.165) is 5.56 Å². The van der Waals surface area contributed by atoms with E-state index in [1.165, 1.54) is 6.92 Å². The highest BCUT2D eigenvalue weighted by Gasteiger charge is 2.67. The third-order valence-corrected chi connectivity index (χ3v) is 3.44. The Bertz CT molecular complexity index is 496. The summed E-state index contributed by atoms with van der Waals surface area (Å²) in [4.78, 5) is 21.4. The summed E-state index contributed by atoms with van der Waals surface area (Å²) < 4.78 is 5.69. The second-order valence-electron chi connectivity index (χ2n) is 4.51. The zero-order chi connectivity index (χ0) is 11.6. The molecule has 4 nitrogen and oxygen atoms in total. The molecule has 4 heteroatoms. The molecule has 2 aliphatic rings. The summed E-state index contributed by atoms with van der Waals surface area (Å²) in [6, 6.07) is 5.38. The van der Waals surface area contributed by atoms with E-state index in [-0.39, 0.29) is 5.78 Å². The Hall–Kier alpha value is -1.39. The quantitative estimate of drug-likeness (QED) is 0.537. The van der Waals surface area contributed by atoms with E-state index in [9.17, 15) is 4.79 Å². The maximum atomic E-state index is 11.3. The average molecular weight is 220 g/mol. The largest absolute Gasteiger partial charge is 0.456 e. The van der Waals surface area contributed by atoms with E-state index < -0.39 is 11.4 Å². The SMILES string of the molecule is CC(=O)c1ccc2c(c1)OC1(C)OOC21C. The van der Waals surface area contributed by atoms with Gasteiger partial charge in [-0.25, -0.2) is 4.89 Å². The minimum absolute atomic E-state index is 0.0165. The van der Waals surface area contributed by atoms with Crippen molar-refractivity contribution in [1.29, 1.82) is 0 Å². The molecule has 0 bridgehead atoms. The maximum Gasteiger partial charge on any atom is 0.273 e. The summed E-state index contributed by atoms with van der Waals surface area (Å²) in [5.74, 6) is -0.0944. The van der Waals surface area contributed by atoms with Crippen LogP contribution in [0.15, 0.2) is 18.2 Å². The van der Waals surface area contributed by atoms with E-state index >= 15 is 0 Å². The summed E-state index contributed by atoms with van der Waals surface area (Å²) >= 11 is 0. The molecule has 1 aromatic carbocycles. The Morgan fingerprint density at radius 1 is 1.25 bits per heavy atom. The zero-order valence-electron chi connectivity index (χ0n) is 9.37. The molecule has 0 amide bonds. The first-order valence-corrected chi connectivity index (χ1v) is 5.18. The summed E-state index contributed by atoms with van der Waals surface area (Å²) in [6.07, 6.45) is 0. The lowest BCUT2D eigenvalue weighted by atomic mass is 9.88. The summed E-state index contributed by atoms with van der Waals surface area (Å²) in [7, 11) is 0. The lowest BCUT2D eigenvalue weighted by Gasteiger charge is -2.45. The number of rotatable bonds is 1. The minimum Gasteiger partial charge on any atom is -0.456 e. The van der Waals surface area contributed by atoms with Crippen molar-refractivity contribution in [2.45, 2.75) is 32.2 Å². The Labute approximate surface area is 93.0 Å². The summed E-state index contributed by atoms with van der Waals surface area (Å²) in [5.41, 5.74) is 0.982. The molecule has 0 aromatic heterocycles. The molecule has 2 atom stereocenters. The monoisotopic (exact) mass is 220 g/mol. The van der Waals surface area contributed by atoms with E-state index in [0.29, 0.717) is 11.3 Å². The van der Waals surface area contributed by atoms with Crippen molar-refractivity contribution in [2.24, 2.45) is 0 Å². The van der Waals surface area contributed by atoms with Gasteiger partial charge in [0.1, 0.15) is 5.75 Å². The van der Waals surface area contributed by atoms with Crippen LogP contribution in [0.3, 0.4) is 0 Å². The van der Waals surface area contributed by atoms with E-state index in [2.05, 4.69) is 0 Å². The first-order valence-electron chi connectivity index (χ1n) is 5.18. The lowest BCUT2D eigenvalue weighted by molar-refractivity contribution is -0.587. The number of fused-ring (bicyclic) bond motifs is 3. The van der Waals surface area contributed by atoms with E-state index in [4.69, 9.17) is 14.5 Å². The van der Waals surface area contributed by atoms with Gasteiger partial charge in [-0.05, 0) is 19.9 Å². The van der Waals surface area contributed by atoms with Crippen LogP contribution >= 0.6 is 0 Å². The molecule has 84 valence electrons. The van der Waals surface area contributed by atoms with Gasteiger partial charge in [0, 0.05) is 18.1 Å². The van der Waals surface area contributed by atoms with Crippen LogP contribution < -0.4 is 4.74 Å². The Morgan fingerprint density at radius 3 is 2.56 bits per heavy atom. The van der Waals surface area contributed by atoms with Crippen molar-refractivity contribution in [3.8, 4) is 5.75 Å². The number of hydrogen-bond acceptors (Lipinski definition) is 4. The smallest absolute Gasteiger partial charge is 0.273 e. The zero-order valence-corrected chi connectivity index (χ0v) is 9.37. The van der Waals surface area contributed by atoms with Gasteiger partial charge in [0.25, 0.3) is 5.79 Å². The minimum atomic E-state index is -0.773. The molecular formula is C12H12O4. The van der Waals surface area contributed by atoms with Crippen LogP contribution in [0.25, 0.3) is 0 Å². The van der Waals surface area contributed by atoms with Crippen molar-refractivity contribution >= 4 is 5.78 Å². The molecule has 0 saturated carbocycles. The standard InChI is InChI=1S/C12H12O4/c1-7(13)8-4-5-9-10(6-8)14-12(3)11(9,2)15-16-12/h4-6H,1-3H3. The highest BCUT2D eigenvalue weighted by atomic mass is 17.3. The number of ketones is 1. The van der Waals surface area contributed by atoms with Crippen LogP contribution in [0.5, 0.6) is 5.75 Å². The third-order valence-electron chi connectivity index (χ3n) is 3.44. The Kier molecular flexibility index (Phi) is 1.62. The van der Waals surface area contributed by atoms with Gasteiger partial charge >= 0.3 is 0 Å². The molecular weight excluding hydrogens is 208 g/mol. The van der Waals surface area contributed by atoms with Gasteiger partial charge in [-0.2, -0.15) is 4.89 Å². The molecule has 2 aliphatic heterocycles. The lowest BCUT2D eigenvalue weighted by Crippen LogP contribution is -2.60. The second kappa shape index (κ2) is 2.64. The highest BCUT2D eigenvalue weighted by molar-refractivity contribution is 5.94. The Morgan fingerprint density at radius 2 is 2.00 bits per heavy atom. The predicted octanol–water partition coefficient (Wildman–Crippen LogP) is 2.17. The molecule has 0 spiro atoms. The number of carbonyl (C=O) groups is 1. The predicted molar refractivity (Wildman–Crippen MR) is 55.0 cm³/mol. The normalized spacial score (nSPS) is 34.7. The van der Waals surface area contributed by atoms with Crippen LogP contribution in [-0.4, -0.2) is 11.6 Å². The van der Waals surface area contributed by atoms with Gasteiger partial charge in [-0.1, -0.05) is 12.1 Å². The fraction of sp³-hybridized carbons (Fsp3) is 0.417. The Balaban J connectivity index is 2.13. The van der Waals surface area contributed by atoms with Crippen LogP contribution in [0.2, 0.25) is 0 Å². The highest BCUT2D eigenvalue weighted by Crippen LogP contribution is 2.57. The van der Waals surface area contributed by atoms with Crippen molar-refractivity contribution in [2.75, 3.05) is 0 Å². The van der Waals surface area contributed by atoms with Gasteiger partial charge in [-0.15, -0.1) is 0 Å². The number of benzene rings is 1. The summed E-state index contributed by atoms with van der Waals surface area (Å²) in [6.45, 7) is 5.27. The fourth-order valence-electron chi connectivity index (χ4n) is 2.12. The summed E-state index contributed by atoms with van der Waals surface area (Å²) in [5, 5.41) is 0. The van der Waals surface area contributed by atoms with Crippen LogP contribution in [-0.2, 0) is 15.4 Å². The van der Waals surface area contributed by atoms with Crippen LogP contribution in [0.1, 0.15) is 36.7 Å². The molecule has 2 heterocycles. The molecule has 0 N–H and O–H groups in total. The average Bonchev–Trinajstić information content (AvgIpc) is 2.39. The van der Waals surface area contributed by atoms with Gasteiger partial charge in [0.05, 0.1) is 0 Å². The molecule has 16 heavy (non-hydrogen) atoms. The van der Waals surface area contributed by atoms with Gasteiger partial charge in [0.15, 0.2) is 11.4 Å². The van der Waals surface area contributed by atoms with Crippen molar-refractivity contribution in [1.82, 2.24) is 0 Å². The fourth-order valence-corrected chi connectivity index (χ4v) is 2.12. The first-order chi connectivity index (χ1) is 7.46. The second-order valence-corrected chi connectivity index (χ2v) is 4.51. The molecule has 2 unspecified atom stereocenters. The third kappa shape index (κ3) is 0.936. The van der Waals surface area contributed by atoms with Crippen LogP contribution in [0, 0.1) is 0 Å². The van der Waals surface area contributed by atoms with Crippen molar-refractivity contribution in [3.05, 3.63) is 29.3 Å². The first kappa shape index (κ1) is 9.81. The van der Waals surface area contributed by atoms with E-state index in [1.807, 2.05) is 19.9 Å². The van der Waals surface area contributed by atoms with Gasteiger partial charge in [-0.3, -0.25) is 4.79 Å².